The number of hydrogen-bond acceptors (Lipinski definition) is 1. The molecule has 0 aliphatic carbocycles. The van der Waals surface area contributed by atoms with Gasteiger partial charge in [0.05, 0.1) is 0 Å². The van der Waals surface area contributed by atoms with Crippen LogP contribution in [0.3, 0.4) is 0 Å². The van der Waals surface area contributed by atoms with Gasteiger partial charge in [-0.2, -0.15) is 0 Å². The zero-order valence-electron chi connectivity index (χ0n) is 13.1. The summed E-state index contributed by atoms with van der Waals surface area (Å²) in [5, 5.41) is 0. The maximum atomic E-state index is 12.0. The van der Waals surface area contributed by atoms with E-state index in [1.165, 1.54) is 0 Å². The Morgan fingerprint density at radius 2 is 1.47 bits per heavy atom. The van der Waals surface area contributed by atoms with Crippen LogP contribution in [-0.4, -0.2) is 23.9 Å². The van der Waals surface area contributed by atoms with Gasteiger partial charge in [0.2, 0.25) is 0 Å². The molecule has 108 valence electrons. The Morgan fingerprint density at radius 3 is 1.95 bits per heavy atom. The zero-order valence-corrected chi connectivity index (χ0v) is 13.1. The lowest BCUT2D eigenvalue weighted by molar-refractivity contribution is 0.0697. The average molecular weight is 263 g/mol. The highest BCUT2D eigenvalue weighted by molar-refractivity contribution is 5.94. The summed E-state index contributed by atoms with van der Waals surface area (Å²) in [5.41, 5.74) is 0.812. The normalized spacial score (nSPS) is 14.7. The summed E-state index contributed by atoms with van der Waals surface area (Å²) < 4.78 is 0. The molecule has 2 rings (SSSR count). The predicted octanol–water partition coefficient (Wildman–Crippen LogP) is 4.61. The fraction of sp³-hybridized carbons (Fsp3) is 0.588. The second-order valence-corrected chi connectivity index (χ2v) is 4.34. The van der Waals surface area contributed by atoms with Gasteiger partial charge in [0.1, 0.15) is 0 Å². The highest BCUT2D eigenvalue weighted by Gasteiger charge is 2.20. The van der Waals surface area contributed by atoms with Gasteiger partial charge in [-0.05, 0) is 30.9 Å². The van der Waals surface area contributed by atoms with Gasteiger partial charge in [0.25, 0.3) is 5.91 Å². The van der Waals surface area contributed by atoms with Gasteiger partial charge >= 0.3 is 0 Å². The molecule has 19 heavy (non-hydrogen) atoms. The van der Waals surface area contributed by atoms with Gasteiger partial charge in [-0.1, -0.05) is 52.8 Å². The summed E-state index contributed by atoms with van der Waals surface area (Å²) in [6.45, 7) is 12.1. The van der Waals surface area contributed by atoms with Crippen molar-refractivity contribution in [2.24, 2.45) is 5.92 Å². The van der Waals surface area contributed by atoms with E-state index < -0.39 is 0 Å². The molecule has 1 aromatic carbocycles. The lowest BCUT2D eigenvalue weighted by atomic mass is 9.98. The van der Waals surface area contributed by atoms with Crippen LogP contribution in [0.4, 0.5) is 0 Å². The smallest absolute Gasteiger partial charge is 0.253 e. The van der Waals surface area contributed by atoms with Gasteiger partial charge in [0.15, 0.2) is 0 Å². The van der Waals surface area contributed by atoms with Crippen LogP contribution < -0.4 is 0 Å². The van der Waals surface area contributed by atoms with Crippen LogP contribution in [0.2, 0.25) is 0 Å². The molecule has 1 heterocycles. The van der Waals surface area contributed by atoms with E-state index in [1.54, 1.807) is 0 Å². The van der Waals surface area contributed by atoms with Crippen LogP contribution in [0.25, 0.3) is 0 Å². The number of amides is 1. The summed E-state index contributed by atoms with van der Waals surface area (Å²) >= 11 is 0. The van der Waals surface area contributed by atoms with Gasteiger partial charge in [-0.15, -0.1) is 0 Å². The van der Waals surface area contributed by atoms with E-state index in [0.29, 0.717) is 0 Å². The van der Waals surface area contributed by atoms with E-state index in [4.69, 9.17) is 0 Å². The summed E-state index contributed by atoms with van der Waals surface area (Å²) in [6, 6.07) is 9.55. The molecule has 0 radical (unpaired) electrons. The number of hydrogen-bond donors (Lipinski definition) is 0. The molecule has 0 unspecified atom stereocenters. The maximum Gasteiger partial charge on any atom is 0.253 e. The molecule has 1 fully saturated rings. The first-order chi connectivity index (χ1) is 9.27. The molecule has 1 amide bonds. The lowest BCUT2D eigenvalue weighted by Gasteiger charge is -2.30. The third-order valence-electron chi connectivity index (χ3n) is 3.09. The highest BCUT2D eigenvalue weighted by Crippen LogP contribution is 2.17. The van der Waals surface area contributed by atoms with Crippen LogP contribution in [-0.2, 0) is 0 Å². The van der Waals surface area contributed by atoms with Crippen LogP contribution in [0, 0.1) is 5.92 Å². The molecule has 0 atom stereocenters. The van der Waals surface area contributed by atoms with Crippen LogP contribution in [0.5, 0.6) is 0 Å². The topological polar surface area (TPSA) is 20.3 Å². The molecule has 1 aliphatic heterocycles. The predicted molar refractivity (Wildman–Crippen MR) is 83.4 cm³/mol. The summed E-state index contributed by atoms with van der Waals surface area (Å²) in [6.07, 6.45) is 2.27. The van der Waals surface area contributed by atoms with E-state index >= 15 is 0 Å². The minimum absolute atomic E-state index is 0.183. The standard InChI is InChI=1S/C13H17NO.2C2H6/c1-11-7-9-14(10-8-11)13(15)12-5-3-2-4-6-12;2*1-2/h2-6,11H,7-10H2,1H3;2*1-2H3. The molecule has 0 N–H and O–H groups in total. The molecule has 0 spiro atoms. The van der Waals surface area contributed by atoms with E-state index in [2.05, 4.69) is 6.92 Å². The number of piperidine rings is 1. The van der Waals surface area contributed by atoms with Gasteiger partial charge in [0, 0.05) is 18.7 Å². The molecule has 0 saturated carbocycles. The number of likely N-dealkylation sites (tertiary alicyclic amines) is 1. The van der Waals surface area contributed by atoms with Gasteiger partial charge < -0.3 is 4.90 Å². The second-order valence-electron chi connectivity index (χ2n) is 4.34. The zero-order chi connectivity index (χ0) is 14.7. The lowest BCUT2D eigenvalue weighted by Crippen LogP contribution is -2.37. The Bertz CT molecular complexity index is 326. The number of rotatable bonds is 1. The summed E-state index contributed by atoms with van der Waals surface area (Å²) in [5.74, 6) is 0.951. The molecule has 1 aromatic rings. The van der Waals surface area contributed by atoms with Crippen molar-refractivity contribution in [3.63, 3.8) is 0 Å². The Hall–Kier alpha value is -1.31. The fourth-order valence-corrected chi connectivity index (χ4v) is 1.97. The first kappa shape index (κ1) is 17.7. The molecule has 0 aromatic heterocycles. The largest absolute Gasteiger partial charge is 0.339 e. The monoisotopic (exact) mass is 263 g/mol. The number of nitrogens with zero attached hydrogens (tertiary/aromatic N) is 1. The Morgan fingerprint density at radius 1 is 1.00 bits per heavy atom. The number of carbonyl (C=O) groups excluding carboxylic acids is 1. The van der Waals surface area contributed by atoms with Crippen molar-refractivity contribution in [3.05, 3.63) is 35.9 Å². The van der Waals surface area contributed by atoms with Gasteiger partial charge in [-0.25, -0.2) is 0 Å². The van der Waals surface area contributed by atoms with Crippen molar-refractivity contribution in [3.8, 4) is 0 Å². The van der Waals surface area contributed by atoms with E-state index in [0.717, 1.165) is 37.4 Å². The van der Waals surface area contributed by atoms with Crippen molar-refractivity contribution >= 4 is 5.91 Å². The number of benzene rings is 1. The van der Waals surface area contributed by atoms with Crippen molar-refractivity contribution in [1.29, 1.82) is 0 Å². The molecular formula is C17H29NO. The third kappa shape index (κ3) is 5.91. The first-order valence-corrected chi connectivity index (χ1v) is 7.61. The van der Waals surface area contributed by atoms with E-state index in [-0.39, 0.29) is 5.91 Å². The highest BCUT2D eigenvalue weighted by atomic mass is 16.2. The molecular weight excluding hydrogens is 234 g/mol. The van der Waals surface area contributed by atoms with Crippen molar-refractivity contribution < 1.29 is 4.79 Å². The second kappa shape index (κ2) is 10.6. The molecule has 2 nitrogen and oxygen atoms in total. The Kier molecular flexibility index (Phi) is 9.87. The summed E-state index contributed by atoms with van der Waals surface area (Å²) in [4.78, 5) is 14.0. The minimum Gasteiger partial charge on any atom is -0.339 e. The fourth-order valence-electron chi connectivity index (χ4n) is 1.97. The van der Waals surface area contributed by atoms with Crippen LogP contribution in [0.1, 0.15) is 57.8 Å². The Labute approximate surface area is 118 Å². The van der Waals surface area contributed by atoms with Crippen LogP contribution in [0.15, 0.2) is 30.3 Å². The Balaban J connectivity index is 0.000000741. The molecule has 1 aliphatic rings. The van der Waals surface area contributed by atoms with Gasteiger partial charge in [-0.3, -0.25) is 4.79 Å². The van der Waals surface area contributed by atoms with Crippen molar-refractivity contribution in [2.45, 2.75) is 47.5 Å². The molecule has 0 bridgehead atoms. The minimum atomic E-state index is 0.183. The van der Waals surface area contributed by atoms with E-state index in [9.17, 15) is 4.79 Å². The van der Waals surface area contributed by atoms with Crippen molar-refractivity contribution in [1.82, 2.24) is 4.90 Å². The summed E-state index contributed by atoms with van der Waals surface area (Å²) in [7, 11) is 0. The SMILES string of the molecule is CC.CC.CC1CCN(C(=O)c2ccccc2)CC1. The van der Waals surface area contributed by atoms with Crippen LogP contribution >= 0.6 is 0 Å². The van der Waals surface area contributed by atoms with Crippen molar-refractivity contribution in [2.75, 3.05) is 13.1 Å². The quantitative estimate of drug-likeness (QED) is 0.724. The van der Waals surface area contributed by atoms with E-state index in [1.807, 2.05) is 62.9 Å². The molecule has 2 heteroatoms. The third-order valence-corrected chi connectivity index (χ3v) is 3.09. The average Bonchev–Trinajstić information content (AvgIpc) is 2.52. The molecule has 1 saturated heterocycles. The maximum absolute atomic E-state index is 12.0. The number of carbonyl (C=O) groups is 1. The first-order valence-electron chi connectivity index (χ1n) is 7.61.